The highest BCUT2D eigenvalue weighted by Gasteiger charge is 2.28. The third-order valence-corrected chi connectivity index (χ3v) is 1.54. The molecular formula is C10H18O5. The molecule has 5 heteroatoms. The van der Waals surface area contributed by atoms with E-state index in [9.17, 15) is 9.59 Å². The van der Waals surface area contributed by atoms with Crippen molar-refractivity contribution in [3.63, 3.8) is 0 Å². The Hall–Kier alpha value is -1.10. The number of hydrogen-bond donors (Lipinski definition) is 0. The van der Waals surface area contributed by atoms with Gasteiger partial charge in [-0.3, -0.25) is 4.79 Å². The molecule has 5 nitrogen and oxygen atoms in total. The van der Waals surface area contributed by atoms with Crippen LogP contribution in [0.4, 0.5) is 0 Å². The van der Waals surface area contributed by atoms with Crippen LogP contribution in [0.3, 0.4) is 0 Å². The SMILES string of the molecule is COC(=O)C[C@H](OC(C)(C)C)C(=O)OC. The normalized spacial score (nSPS) is 13.1. The average molecular weight is 218 g/mol. The fourth-order valence-electron chi connectivity index (χ4n) is 0.966. The molecule has 0 aliphatic carbocycles. The maximum Gasteiger partial charge on any atom is 0.335 e. The zero-order chi connectivity index (χ0) is 12.1. The van der Waals surface area contributed by atoms with Crippen LogP contribution < -0.4 is 0 Å². The summed E-state index contributed by atoms with van der Waals surface area (Å²) >= 11 is 0. The highest BCUT2D eigenvalue weighted by atomic mass is 16.6. The molecule has 0 aliphatic heterocycles. The first-order valence-electron chi connectivity index (χ1n) is 4.62. The van der Waals surface area contributed by atoms with Crippen molar-refractivity contribution >= 4 is 11.9 Å². The molecule has 15 heavy (non-hydrogen) atoms. The molecule has 0 radical (unpaired) electrons. The van der Waals surface area contributed by atoms with Crippen molar-refractivity contribution in [2.75, 3.05) is 14.2 Å². The molecule has 0 fully saturated rings. The fourth-order valence-corrected chi connectivity index (χ4v) is 0.966. The van der Waals surface area contributed by atoms with Crippen molar-refractivity contribution in [3.8, 4) is 0 Å². The van der Waals surface area contributed by atoms with Crippen LogP contribution in [0.2, 0.25) is 0 Å². The Morgan fingerprint density at radius 3 is 2.00 bits per heavy atom. The topological polar surface area (TPSA) is 61.8 Å². The van der Waals surface area contributed by atoms with Crippen molar-refractivity contribution in [1.29, 1.82) is 0 Å². The second kappa shape index (κ2) is 5.70. The van der Waals surface area contributed by atoms with Gasteiger partial charge in [0.25, 0.3) is 0 Å². The van der Waals surface area contributed by atoms with E-state index in [2.05, 4.69) is 9.47 Å². The third-order valence-electron chi connectivity index (χ3n) is 1.54. The number of carbonyl (C=O) groups is 2. The lowest BCUT2D eigenvalue weighted by atomic mass is 10.1. The van der Waals surface area contributed by atoms with Crippen LogP contribution in [-0.4, -0.2) is 37.9 Å². The highest BCUT2D eigenvalue weighted by Crippen LogP contribution is 2.14. The predicted molar refractivity (Wildman–Crippen MR) is 53.3 cm³/mol. The summed E-state index contributed by atoms with van der Waals surface area (Å²) in [5.41, 5.74) is -0.521. The van der Waals surface area contributed by atoms with Gasteiger partial charge in [0.15, 0.2) is 6.10 Å². The van der Waals surface area contributed by atoms with Crippen LogP contribution in [-0.2, 0) is 23.8 Å². The molecular weight excluding hydrogens is 200 g/mol. The smallest absolute Gasteiger partial charge is 0.335 e. The van der Waals surface area contributed by atoms with Crippen LogP contribution in [0, 0.1) is 0 Å². The molecule has 0 saturated carbocycles. The molecule has 88 valence electrons. The Kier molecular flexibility index (Phi) is 5.28. The number of carbonyl (C=O) groups excluding carboxylic acids is 2. The van der Waals surface area contributed by atoms with E-state index in [0.717, 1.165) is 0 Å². The van der Waals surface area contributed by atoms with Crippen LogP contribution in [0.15, 0.2) is 0 Å². The van der Waals surface area contributed by atoms with Gasteiger partial charge in [-0.05, 0) is 20.8 Å². The first kappa shape index (κ1) is 13.9. The van der Waals surface area contributed by atoms with Crippen LogP contribution in [0.1, 0.15) is 27.2 Å². The molecule has 0 aromatic rings. The minimum absolute atomic E-state index is 0.138. The van der Waals surface area contributed by atoms with E-state index >= 15 is 0 Å². The van der Waals surface area contributed by atoms with E-state index in [1.165, 1.54) is 14.2 Å². The molecule has 0 rings (SSSR count). The molecule has 0 saturated heterocycles. The van der Waals surface area contributed by atoms with Gasteiger partial charge in [0, 0.05) is 0 Å². The standard InChI is InChI=1S/C10H18O5/c1-10(2,3)15-7(9(12)14-5)6-8(11)13-4/h7H,6H2,1-5H3/t7-/m0/s1. The van der Waals surface area contributed by atoms with Crippen LogP contribution in [0.5, 0.6) is 0 Å². The Bertz CT molecular complexity index is 228. The van der Waals surface area contributed by atoms with Gasteiger partial charge in [-0.1, -0.05) is 0 Å². The fraction of sp³-hybridized carbons (Fsp3) is 0.800. The molecule has 0 unspecified atom stereocenters. The number of methoxy groups -OCH3 is 2. The largest absolute Gasteiger partial charge is 0.469 e. The van der Waals surface area contributed by atoms with Gasteiger partial charge < -0.3 is 14.2 Å². The Balaban J connectivity index is 4.45. The summed E-state index contributed by atoms with van der Waals surface area (Å²) in [6.45, 7) is 5.38. The summed E-state index contributed by atoms with van der Waals surface area (Å²) < 4.78 is 14.4. The zero-order valence-corrected chi connectivity index (χ0v) is 9.83. The van der Waals surface area contributed by atoms with Gasteiger partial charge in [-0.25, -0.2) is 4.79 Å². The monoisotopic (exact) mass is 218 g/mol. The lowest BCUT2D eigenvalue weighted by Gasteiger charge is -2.25. The van der Waals surface area contributed by atoms with Crippen LogP contribution >= 0.6 is 0 Å². The van der Waals surface area contributed by atoms with Crippen LogP contribution in [0.25, 0.3) is 0 Å². The number of esters is 2. The van der Waals surface area contributed by atoms with Gasteiger partial charge in [0.05, 0.1) is 26.2 Å². The summed E-state index contributed by atoms with van der Waals surface area (Å²) in [5.74, 6) is -1.08. The lowest BCUT2D eigenvalue weighted by Crippen LogP contribution is -2.36. The summed E-state index contributed by atoms with van der Waals surface area (Å²) in [7, 11) is 2.51. The quantitative estimate of drug-likeness (QED) is 0.656. The minimum Gasteiger partial charge on any atom is -0.469 e. The van der Waals surface area contributed by atoms with Gasteiger partial charge in [-0.15, -0.1) is 0 Å². The zero-order valence-electron chi connectivity index (χ0n) is 9.83. The van der Waals surface area contributed by atoms with E-state index < -0.39 is 23.6 Å². The highest BCUT2D eigenvalue weighted by molar-refractivity contribution is 5.81. The van der Waals surface area contributed by atoms with Crippen molar-refractivity contribution in [2.45, 2.75) is 38.9 Å². The molecule has 0 aliphatic rings. The molecule has 0 aromatic carbocycles. The molecule has 0 amide bonds. The third kappa shape index (κ3) is 6.06. The van der Waals surface area contributed by atoms with E-state index in [4.69, 9.17) is 4.74 Å². The maximum atomic E-state index is 11.3. The van der Waals surface area contributed by atoms with Gasteiger partial charge in [-0.2, -0.15) is 0 Å². The van der Waals surface area contributed by atoms with Crippen molar-refractivity contribution in [2.24, 2.45) is 0 Å². The summed E-state index contributed by atoms with van der Waals surface area (Å²) in [4.78, 5) is 22.3. The molecule has 0 bridgehead atoms. The molecule has 0 spiro atoms. The Morgan fingerprint density at radius 1 is 1.13 bits per heavy atom. The number of rotatable bonds is 4. The molecule has 0 N–H and O–H groups in total. The maximum absolute atomic E-state index is 11.3. The van der Waals surface area contributed by atoms with Crippen molar-refractivity contribution < 1.29 is 23.8 Å². The average Bonchev–Trinajstić information content (AvgIpc) is 2.13. The Labute approximate surface area is 89.7 Å². The molecule has 0 aromatic heterocycles. The van der Waals surface area contributed by atoms with E-state index in [1.54, 1.807) is 20.8 Å². The second-order valence-corrected chi connectivity index (χ2v) is 4.02. The van der Waals surface area contributed by atoms with E-state index in [1.807, 2.05) is 0 Å². The predicted octanol–water partition coefficient (Wildman–Crippen LogP) is 0.906. The first-order chi connectivity index (χ1) is 6.80. The summed E-state index contributed by atoms with van der Waals surface area (Å²) in [6, 6.07) is 0. The van der Waals surface area contributed by atoms with Gasteiger partial charge in [0.2, 0.25) is 0 Å². The van der Waals surface area contributed by atoms with Crippen molar-refractivity contribution in [3.05, 3.63) is 0 Å². The molecule has 1 atom stereocenters. The number of ether oxygens (including phenoxy) is 3. The molecule has 0 heterocycles. The van der Waals surface area contributed by atoms with Gasteiger partial charge >= 0.3 is 11.9 Å². The minimum atomic E-state index is -0.914. The Morgan fingerprint density at radius 2 is 1.67 bits per heavy atom. The summed E-state index contributed by atoms with van der Waals surface area (Å²) in [5, 5.41) is 0. The second-order valence-electron chi connectivity index (χ2n) is 4.02. The number of hydrogen-bond acceptors (Lipinski definition) is 5. The lowest BCUT2D eigenvalue weighted by molar-refractivity contribution is -0.169. The first-order valence-corrected chi connectivity index (χ1v) is 4.62. The van der Waals surface area contributed by atoms with E-state index in [0.29, 0.717) is 0 Å². The summed E-state index contributed by atoms with van der Waals surface area (Å²) in [6.07, 6.45) is -1.05. The van der Waals surface area contributed by atoms with Gasteiger partial charge in [0.1, 0.15) is 0 Å². The van der Waals surface area contributed by atoms with E-state index in [-0.39, 0.29) is 6.42 Å². The van der Waals surface area contributed by atoms with Crippen molar-refractivity contribution in [1.82, 2.24) is 0 Å².